The maximum absolute atomic E-state index is 11.8. The van der Waals surface area contributed by atoms with Crippen LogP contribution in [-0.2, 0) is 9.53 Å². The van der Waals surface area contributed by atoms with Crippen LogP contribution in [0.5, 0.6) is 0 Å². The number of nitrogens with two attached hydrogens (primary N) is 1. The monoisotopic (exact) mass is 197 g/mol. The lowest BCUT2D eigenvalue weighted by Gasteiger charge is -2.68. The van der Waals surface area contributed by atoms with Crippen molar-refractivity contribution in [3.05, 3.63) is 0 Å². The van der Waals surface area contributed by atoms with Gasteiger partial charge in [-0.25, -0.2) is 0 Å². The average molecular weight is 197 g/mol. The van der Waals surface area contributed by atoms with Crippen LogP contribution in [0.25, 0.3) is 0 Å². The molecule has 14 heavy (non-hydrogen) atoms. The molecule has 0 atom stereocenters. The van der Waals surface area contributed by atoms with Crippen LogP contribution in [0, 0.1) is 10.8 Å². The normalized spacial score (nSPS) is 39.7. The van der Waals surface area contributed by atoms with Crippen molar-refractivity contribution in [3.8, 4) is 0 Å². The molecular formula is C11H19NO2. The van der Waals surface area contributed by atoms with Gasteiger partial charge in [0.25, 0.3) is 0 Å². The Kier molecular flexibility index (Phi) is 1.79. The van der Waals surface area contributed by atoms with Crippen LogP contribution in [-0.4, -0.2) is 18.1 Å². The molecule has 0 aromatic carbocycles. The number of hydrogen-bond acceptors (Lipinski definition) is 3. The Balaban J connectivity index is 1.91. The molecule has 0 aromatic rings. The van der Waals surface area contributed by atoms with Crippen LogP contribution in [0.1, 0.15) is 40.0 Å². The van der Waals surface area contributed by atoms with Crippen LogP contribution >= 0.6 is 0 Å². The van der Waals surface area contributed by atoms with E-state index in [1.165, 1.54) is 0 Å². The Morgan fingerprint density at radius 3 is 2.21 bits per heavy atom. The SMILES string of the molecule is CC(C)(C)OC(=O)C12CC(CN)(C1)C2. The smallest absolute Gasteiger partial charge is 0.312 e. The highest BCUT2D eigenvalue weighted by Gasteiger charge is 2.71. The zero-order valence-corrected chi connectivity index (χ0v) is 9.22. The summed E-state index contributed by atoms with van der Waals surface area (Å²) >= 11 is 0. The molecule has 0 radical (unpaired) electrons. The third kappa shape index (κ3) is 1.26. The van der Waals surface area contributed by atoms with E-state index in [1.54, 1.807) is 0 Å². The lowest BCUT2D eigenvalue weighted by Crippen LogP contribution is -2.68. The number of carbonyl (C=O) groups is 1. The van der Waals surface area contributed by atoms with Crippen molar-refractivity contribution in [1.82, 2.24) is 0 Å². The second-order valence-electron chi connectivity index (χ2n) is 6.02. The minimum atomic E-state index is -0.359. The van der Waals surface area contributed by atoms with Gasteiger partial charge >= 0.3 is 5.97 Å². The maximum atomic E-state index is 11.8. The first-order valence-corrected chi connectivity index (χ1v) is 5.25. The number of rotatable bonds is 2. The molecule has 0 aliphatic heterocycles. The Hall–Kier alpha value is -0.570. The van der Waals surface area contributed by atoms with Gasteiger partial charge in [0, 0.05) is 0 Å². The minimum absolute atomic E-state index is 0.0136. The largest absolute Gasteiger partial charge is 0.460 e. The highest BCUT2D eigenvalue weighted by atomic mass is 16.6. The Morgan fingerprint density at radius 2 is 1.86 bits per heavy atom. The van der Waals surface area contributed by atoms with Crippen molar-refractivity contribution in [2.45, 2.75) is 45.6 Å². The van der Waals surface area contributed by atoms with Gasteiger partial charge in [-0.1, -0.05) is 0 Å². The molecule has 80 valence electrons. The standard InChI is InChI=1S/C11H19NO2/c1-9(2,3)14-8(13)11-4-10(5-11,6-11)7-12/h4-7,12H2,1-3H3. The van der Waals surface area contributed by atoms with Gasteiger partial charge in [0.2, 0.25) is 0 Å². The van der Waals surface area contributed by atoms with Gasteiger partial charge < -0.3 is 10.5 Å². The molecule has 3 nitrogen and oxygen atoms in total. The van der Waals surface area contributed by atoms with E-state index in [0.29, 0.717) is 5.41 Å². The molecule has 0 amide bonds. The van der Waals surface area contributed by atoms with Gasteiger partial charge in [0.1, 0.15) is 5.60 Å². The number of carbonyl (C=O) groups excluding carboxylic acids is 1. The summed E-state index contributed by atoms with van der Waals surface area (Å²) in [5.41, 5.74) is 5.44. The molecule has 0 saturated heterocycles. The zero-order chi connectivity index (χ0) is 10.6. The maximum Gasteiger partial charge on any atom is 0.312 e. The summed E-state index contributed by atoms with van der Waals surface area (Å²) in [6.45, 7) is 6.46. The molecule has 3 aliphatic rings. The Bertz CT molecular complexity index is 258. The van der Waals surface area contributed by atoms with Gasteiger partial charge in [-0.15, -0.1) is 0 Å². The van der Waals surface area contributed by atoms with Crippen molar-refractivity contribution in [2.24, 2.45) is 16.6 Å². The topological polar surface area (TPSA) is 52.3 Å². The fourth-order valence-corrected chi connectivity index (χ4v) is 2.82. The highest BCUT2D eigenvalue weighted by Crippen LogP contribution is 2.73. The fourth-order valence-electron chi connectivity index (χ4n) is 2.82. The molecule has 3 heteroatoms. The van der Waals surface area contributed by atoms with E-state index in [-0.39, 0.29) is 17.0 Å². The first-order chi connectivity index (χ1) is 6.31. The van der Waals surface area contributed by atoms with Crippen molar-refractivity contribution >= 4 is 5.97 Å². The van der Waals surface area contributed by atoms with Crippen LogP contribution in [0.2, 0.25) is 0 Å². The Morgan fingerprint density at radius 1 is 1.36 bits per heavy atom. The minimum Gasteiger partial charge on any atom is -0.460 e. The molecule has 0 unspecified atom stereocenters. The van der Waals surface area contributed by atoms with Crippen LogP contribution in [0.15, 0.2) is 0 Å². The summed E-state index contributed by atoms with van der Waals surface area (Å²) in [6, 6.07) is 0. The van der Waals surface area contributed by atoms with Crippen LogP contribution in [0.3, 0.4) is 0 Å². The van der Waals surface area contributed by atoms with Crippen molar-refractivity contribution in [2.75, 3.05) is 6.54 Å². The van der Waals surface area contributed by atoms with E-state index in [1.807, 2.05) is 20.8 Å². The van der Waals surface area contributed by atoms with E-state index in [0.717, 1.165) is 25.8 Å². The number of ether oxygens (including phenoxy) is 1. The summed E-state index contributed by atoms with van der Waals surface area (Å²) in [7, 11) is 0. The van der Waals surface area contributed by atoms with E-state index in [9.17, 15) is 4.79 Å². The van der Waals surface area contributed by atoms with Gasteiger partial charge in [-0.3, -0.25) is 4.79 Å². The summed E-state index contributed by atoms with van der Waals surface area (Å²) in [5, 5.41) is 0. The first-order valence-electron chi connectivity index (χ1n) is 5.25. The van der Waals surface area contributed by atoms with E-state index in [2.05, 4.69) is 0 Å². The predicted octanol–water partition coefficient (Wildman–Crippen LogP) is 1.46. The van der Waals surface area contributed by atoms with Gasteiger partial charge in [0.05, 0.1) is 5.41 Å². The van der Waals surface area contributed by atoms with E-state index >= 15 is 0 Å². The molecule has 0 spiro atoms. The molecule has 0 heterocycles. The van der Waals surface area contributed by atoms with E-state index in [4.69, 9.17) is 10.5 Å². The van der Waals surface area contributed by atoms with Gasteiger partial charge in [-0.05, 0) is 52.0 Å². The first kappa shape index (κ1) is 9.97. The van der Waals surface area contributed by atoms with Crippen molar-refractivity contribution in [1.29, 1.82) is 0 Å². The Labute approximate surface area is 85.0 Å². The van der Waals surface area contributed by atoms with Crippen molar-refractivity contribution < 1.29 is 9.53 Å². The summed E-state index contributed by atoms with van der Waals surface area (Å²) < 4.78 is 5.39. The van der Waals surface area contributed by atoms with Crippen LogP contribution in [0.4, 0.5) is 0 Å². The third-order valence-corrected chi connectivity index (χ3v) is 3.41. The third-order valence-electron chi connectivity index (χ3n) is 3.41. The molecular weight excluding hydrogens is 178 g/mol. The van der Waals surface area contributed by atoms with Crippen LogP contribution < -0.4 is 5.73 Å². The summed E-state index contributed by atoms with van der Waals surface area (Å²) in [4.78, 5) is 11.8. The quantitative estimate of drug-likeness (QED) is 0.682. The zero-order valence-electron chi connectivity index (χ0n) is 9.22. The summed E-state index contributed by atoms with van der Waals surface area (Å²) in [6.07, 6.45) is 2.85. The number of hydrogen-bond donors (Lipinski definition) is 1. The summed E-state index contributed by atoms with van der Waals surface area (Å²) in [5.74, 6) is -0.0136. The van der Waals surface area contributed by atoms with Gasteiger partial charge in [0.15, 0.2) is 0 Å². The second-order valence-corrected chi connectivity index (χ2v) is 6.02. The number of esters is 1. The lowest BCUT2D eigenvalue weighted by atomic mass is 9.35. The lowest BCUT2D eigenvalue weighted by molar-refractivity contribution is -0.232. The average Bonchev–Trinajstić information content (AvgIpc) is 1.76. The molecule has 3 fully saturated rings. The second kappa shape index (κ2) is 2.51. The van der Waals surface area contributed by atoms with E-state index < -0.39 is 0 Å². The molecule has 2 bridgehead atoms. The molecule has 3 saturated carbocycles. The highest BCUT2D eigenvalue weighted by molar-refractivity contribution is 5.81. The molecule has 0 aromatic heterocycles. The van der Waals surface area contributed by atoms with Gasteiger partial charge in [-0.2, -0.15) is 0 Å². The molecule has 3 rings (SSSR count). The fraction of sp³-hybridized carbons (Fsp3) is 0.909. The molecule has 2 N–H and O–H groups in total. The molecule has 3 aliphatic carbocycles. The van der Waals surface area contributed by atoms with Crippen molar-refractivity contribution in [3.63, 3.8) is 0 Å². The predicted molar refractivity (Wildman–Crippen MR) is 53.6 cm³/mol.